The van der Waals surface area contributed by atoms with Crippen LogP contribution >= 0.6 is 11.8 Å². The number of rotatable bonds is 6. The molecule has 2 aromatic carbocycles. The van der Waals surface area contributed by atoms with Gasteiger partial charge in [-0.15, -0.1) is 10.2 Å². The van der Waals surface area contributed by atoms with Crippen LogP contribution in [-0.2, 0) is 23.7 Å². The zero-order valence-electron chi connectivity index (χ0n) is 14.6. The number of hydrogen-bond donors (Lipinski definition) is 0. The fraction of sp³-hybridized carbons (Fsp3) is 0.263. The Hall–Kier alpha value is -2.58. The number of thioether (sulfide) groups is 1. The Labute approximate surface area is 159 Å². The van der Waals surface area contributed by atoms with E-state index in [1.807, 2.05) is 31.2 Å². The monoisotopic (exact) mass is 388 g/mol. The molecule has 140 valence electrons. The fourth-order valence-electron chi connectivity index (χ4n) is 2.71. The van der Waals surface area contributed by atoms with Gasteiger partial charge >= 0.3 is 0 Å². The number of benzene rings is 2. The molecule has 0 radical (unpaired) electrons. The van der Waals surface area contributed by atoms with Crippen LogP contribution < -0.4 is 9.47 Å². The molecular weight excluding hydrogens is 371 g/mol. The Kier molecular flexibility index (Phi) is 5.26. The lowest BCUT2D eigenvalue weighted by molar-refractivity contribution is -0.0171. The normalized spacial score (nSPS) is 13.1. The van der Waals surface area contributed by atoms with Crippen LogP contribution in [0.1, 0.15) is 22.6 Å². The molecule has 0 N–H and O–H groups in total. The van der Waals surface area contributed by atoms with Crippen LogP contribution in [0.3, 0.4) is 0 Å². The molecule has 0 unspecified atom stereocenters. The number of nitrogens with zero attached hydrogens (tertiary/aromatic N) is 2. The highest BCUT2D eigenvalue weighted by atomic mass is 32.2. The van der Waals surface area contributed by atoms with Gasteiger partial charge in [-0.05, 0) is 36.8 Å². The molecule has 1 aliphatic heterocycles. The summed E-state index contributed by atoms with van der Waals surface area (Å²) in [4.78, 5) is 0. The molecule has 8 heteroatoms. The highest BCUT2D eigenvalue weighted by Gasteiger charge is 2.18. The topological polar surface area (TPSA) is 66.6 Å². The van der Waals surface area contributed by atoms with Crippen LogP contribution in [0.15, 0.2) is 46.0 Å². The molecule has 0 amide bonds. The molecule has 1 aliphatic rings. The summed E-state index contributed by atoms with van der Waals surface area (Å²) in [5.41, 5.74) is 2.55. The van der Waals surface area contributed by atoms with Crippen molar-refractivity contribution in [2.45, 2.75) is 31.1 Å². The predicted molar refractivity (Wildman–Crippen MR) is 96.1 cm³/mol. The maximum absolute atomic E-state index is 13.8. The molecule has 4 rings (SSSR count). The van der Waals surface area contributed by atoms with Gasteiger partial charge in [0.05, 0.1) is 6.61 Å². The first-order valence-electron chi connectivity index (χ1n) is 8.34. The second-order valence-corrected chi connectivity index (χ2v) is 6.95. The largest absolute Gasteiger partial charge is 0.484 e. The molecule has 1 aromatic heterocycles. The first kappa shape index (κ1) is 17.8. The quantitative estimate of drug-likeness (QED) is 0.585. The van der Waals surface area contributed by atoms with Crippen LogP contribution in [-0.4, -0.2) is 17.0 Å². The Morgan fingerprint density at radius 3 is 3.04 bits per heavy atom. The van der Waals surface area contributed by atoms with Crippen LogP contribution in [0.2, 0.25) is 0 Å². The number of halogens is 1. The molecule has 2 heterocycles. The summed E-state index contributed by atoms with van der Waals surface area (Å²) in [5.74, 6) is 1.91. The van der Waals surface area contributed by atoms with E-state index in [9.17, 15) is 4.39 Å². The van der Waals surface area contributed by atoms with Gasteiger partial charge in [-0.25, -0.2) is 4.39 Å². The number of fused-ring (bicyclic) bond motifs is 1. The summed E-state index contributed by atoms with van der Waals surface area (Å²) < 4.78 is 35.7. The average molecular weight is 388 g/mol. The van der Waals surface area contributed by atoms with Gasteiger partial charge in [0.25, 0.3) is 11.1 Å². The highest BCUT2D eigenvalue weighted by molar-refractivity contribution is 7.98. The lowest BCUT2D eigenvalue weighted by Crippen LogP contribution is -2.13. The lowest BCUT2D eigenvalue weighted by atomic mass is 10.1. The van der Waals surface area contributed by atoms with Crippen molar-refractivity contribution < 1.29 is 23.0 Å². The van der Waals surface area contributed by atoms with E-state index in [1.54, 1.807) is 0 Å². The van der Waals surface area contributed by atoms with E-state index >= 15 is 0 Å². The van der Waals surface area contributed by atoms with Gasteiger partial charge in [0, 0.05) is 16.9 Å². The zero-order chi connectivity index (χ0) is 18.6. The van der Waals surface area contributed by atoms with Crippen molar-refractivity contribution in [3.05, 3.63) is 64.8 Å². The molecule has 3 aromatic rings. The van der Waals surface area contributed by atoms with E-state index in [2.05, 4.69) is 10.2 Å². The minimum Gasteiger partial charge on any atom is -0.484 e. The van der Waals surface area contributed by atoms with Gasteiger partial charge in [-0.1, -0.05) is 23.9 Å². The van der Waals surface area contributed by atoms with Crippen molar-refractivity contribution in [1.82, 2.24) is 10.2 Å². The lowest BCUT2D eigenvalue weighted by Gasteiger charge is -2.20. The molecule has 0 spiro atoms. The van der Waals surface area contributed by atoms with Crippen LogP contribution in [0.4, 0.5) is 4.39 Å². The summed E-state index contributed by atoms with van der Waals surface area (Å²) in [5, 5.41) is 8.38. The minimum atomic E-state index is -0.323. The van der Waals surface area contributed by atoms with Crippen molar-refractivity contribution >= 4 is 11.8 Å². The molecule has 0 fully saturated rings. The fourth-order valence-corrected chi connectivity index (χ4v) is 3.46. The first-order chi connectivity index (χ1) is 13.2. The van der Waals surface area contributed by atoms with E-state index in [0.29, 0.717) is 34.8 Å². The number of hydrogen-bond acceptors (Lipinski definition) is 7. The van der Waals surface area contributed by atoms with Crippen LogP contribution in [0.5, 0.6) is 11.5 Å². The third-order valence-electron chi connectivity index (χ3n) is 3.90. The molecule has 0 atom stereocenters. The number of aromatic nitrogens is 2. The summed E-state index contributed by atoms with van der Waals surface area (Å²) in [7, 11) is 0. The average Bonchev–Trinajstić information content (AvgIpc) is 3.12. The van der Waals surface area contributed by atoms with Crippen molar-refractivity contribution in [2.75, 3.05) is 6.79 Å². The summed E-state index contributed by atoms with van der Waals surface area (Å²) in [6.45, 7) is 2.69. The summed E-state index contributed by atoms with van der Waals surface area (Å²) in [6.07, 6.45) is 0. The zero-order valence-corrected chi connectivity index (χ0v) is 15.4. The van der Waals surface area contributed by atoms with Gasteiger partial charge in [-0.2, -0.15) is 0 Å². The maximum atomic E-state index is 13.8. The van der Waals surface area contributed by atoms with Crippen molar-refractivity contribution in [2.24, 2.45) is 0 Å². The third kappa shape index (κ3) is 4.40. The number of ether oxygens (including phenoxy) is 3. The summed E-state index contributed by atoms with van der Waals surface area (Å²) >= 11 is 1.32. The SMILES string of the molecule is Cc1cccc(OCc2nnc(SCc3cc(F)cc4c3OCOC4)o2)c1. The molecule has 0 saturated carbocycles. The molecule has 27 heavy (non-hydrogen) atoms. The van der Waals surface area contributed by atoms with Crippen LogP contribution in [0.25, 0.3) is 0 Å². The minimum absolute atomic E-state index is 0.164. The summed E-state index contributed by atoms with van der Waals surface area (Å²) in [6, 6.07) is 10.6. The first-order valence-corrected chi connectivity index (χ1v) is 9.32. The smallest absolute Gasteiger partial charge is 0.277 e. The van der Waals surface area contributed by atoms with Crippen molar-refractivity contribution in [3.8, 4) is 11.5 Å². The Morgan fingerprint density at radius 2 is 2.15 bits per heavy atom. The van der Waals surface area contributed by atoms with Crippen molar-refractivity contribution in [3.63, 3.8) is 0 Å². The molecule has 0 aliphatic carbocycles. The third-order valence-corrected chi connectivity index (χ3v) is 4.77. The van der Waals surface area contributed by atoms with E-state index in [0.717, 1.165) is 16.9 Å². The standard InChI is InChI=1S/C19H17FN2O4S/c1-12-3-2-4-16(5-12)24-9-17-21-22-19(26-17)27-10-14-7-15(20)6-13-8-23-11-25-18(13)14/h2-7H,8-11H2,1H3. The van der Waals surface area contributed by atoms with E-state index in [-0.39, 0.29) is 19.2 Å². The predicted octanol–water partition coefficient (Wildman–Crippen LogP) is 4.25. The number of aryl methyl sites for hydroxylation is 1. The van der Waals surface area contributed by atoms with Gasteiger partial charge in [0.15, 0.2) is 13.4 Å². The highest BCUT2D eigenvalue weighted by Crippen LogP contribution is 2.33. The molecular formula is C19H17FN2O4S. The van der Waals surface area contributed by atoms with Crippen LogP contribution in [0, 0.1) is 12.7 Å². The van der Waals surface area contributed by atoms with E-state index < -0.39 is 0 Å². The van der Waals surface area contributed by atoms with E-state index in [4.69, 9.17) is 18.6 Å². The van der Waals surface area contributed by atoms with Gasteiger partial charge in [0.1, 0.15) is 17.3 Å². The second kappa shape index (κ2) is 7.98. The maximum Gasteiger partial charge on any atom is 0.277 e. The van der Waals surface area contributed by atoms with Gasteiger partial charge in [0.2, 0.25) is 0 Å². The molecule has 6 nitrogen and oxygen atoms in total. The van der Waals surface area contributed by atoms with Gasteiger partial charge < -0.3 is 18.6 Å². The Bertz CT molecular complexity index is 947. The second-order valence-electron chi connectivity index (χ2n) is 6.02. The molecule has 0 bridgehead atoms. The van der Waals surface area contributed by atoms with Crippen molar-refractivity contribution in [1.29, 1.82) is 0 Å². The Balaban J connectivity index is 1.38. The molecule has 0 saturated heterocycles. The van der Waals surface area contributed by atoms with E-state index in [1.165, 1.54) is 23.9 Å². The van der Waals surface area contributed by atoms with Gasteiger partial charge in [-0.3, -0.25) is 0 Å². The Morgan fingerprint density at radius 1 is 1.22 bits per heavy atom.